The van der Waals surface area contributed by atoms with Crippen LogP contribution in [0, 0.1) is 17.0 Å². The number of hydrogen-bond donors (Lipinski definition) is 3. The van der Waals surface area contributed by atoms with Crippen molar-refractivity contribution in [1.82, 2.24) is 14.6 Å². The third kappa shape index (κ3) is 3.25. The molecule has 0 radical (unpaired) electrons. The van der Waals surface area contributed by atoms with Gasteiger partial charge >= 0.3 is 0 Å². The van der Waals surface area contributed by atoms with Crippen molar-refractivity contribution < 1.29 is 31.1 Å². The van der Waals surface area contributed by atoms with Crippen molar-refractivity contribution in [3.8, 4) is 0 Å². The molecule has 3 N–H and O–H groups in total. The van der Waals surface area contributed by atoms with Gasteiger partial charge in [0.15, 0.2) is 5.25 Å². The fraction of sp³-hybridized carbons (Fsp3) is 0.211. The van der Waals surface area contributed by atoms with Crippen LogP contribution >= 0.6 is 0 Å². The van der Waals surface area contributed by atoms with Crippen LogP contribution in [0.15, 0.2) is 48.6 Å². The summed E-state index contributed by atoms with van der Waals surface area (Å²) >= 11 is 0. The summed E-state index contributed by atoms with van der Waals surface area (Å²) in [5, 5.41) is 11.4. The van der Waals surface area contributed by atoms with Crippen molar-refractivity contribution in [3.05, 3.63) is 71.5 Å². The summed E-state index contributed by atoms with van der Waals surface area (Å²) in [5.41, 5.74) is -2.17. The highest BCUT2D eigenvalue weighted by molar-refractivity contribution is 7.90. The number of pyridine rings is 1. The highest BCUT2D eigenvalue weighted by Gasteiger charge is 2.62. The lowest BCUT2D eigenvalue weighted by Gasteiger charge is -2.42. The Bertz CT molecular complexity index is 1250. The van der Waals surface area contributed by atoms with Crippen molar-refractivity contribution in [2.24, 2.45) is 0 Å². The number of benzene rings is 1. The van der Waals surface area contributed by atoms with Crippen molar-refractivity contribution in [2.45, 2.75) is 10.8 Å². The molecular weight excluding hydrogens is 451 g/mol. The molecule has 0 unspecified atom stereocenters. The molecule has 3 heterocycles. The molecule has 1 amide bonds. The van der Waals surface area contributed by atoms with Crippen LogP contribution in [0.3, 0.4) is 0 Å². The molecule has 1 aromatic carbocycles. The van der Waals surface area contributed by atoms with Gasteiger partial charge in [-0.2, -0.15) is 0 Å². The Kier molecular flexibility index (Phi) is 5.07. The number of amides is 1. The van der Waals surface area contributed by atoms with E-state index in [2.05, 4.69) is 15.6 Å². The summed E-state index contributed by atoms with van der Waals surface area (Å²) in [6.45, 7) is -0.489. The summed E-state index contributed by atoms with van der Waals surface area (Å²) < 4.78 is 73.2. The number of nitrogens with one attached hydrogen (secondary N) is 3. The fourth-order valence-electron chi connectivity index (χ4n) is 3.69. The predicted octanol–water partition coefficient (Wildman–Crippen LogP) is 1.82. The number of carbonyl (C=O) groups is 1. The summed E-state index contributed by atoms with van der Waals surface area (Å²) in [6, 6.07) is 5.57. The van der Waals surface area contributed by atoms with E-state index in [1.54, 1.807) is 0 Å². The van der Waals surface area contributed by atoms with Gasteiger partial charge in [0.05, 0.1) is 6.20 Å². The topological polar surface area (TPSA) is 124 Å². The number of anilines is 1. The highest BCUT2D eigenvalue weighted by Crippen LogP contribution is 2.45. The lowest BCUT2D eigenvalue weighted by atomic mass is 9.87. The van der Waals surface area contributed by atoms with E-state index in [9.17, 15) is 26.4 Å². The summed E-state index contributed by atoms with van der Waals surface area (Å²) in [5.74, 6) is -3.32. The minimum atomic E-state index is -4.34. The van der Waals surface area contributed by atoms with Crippen LogP contribution in [-0.2, 0) is 20.3 Å². The first kappa shape index (κ1) is 21.6. The monoisotopic (exact) mass is 467 g/mol. The number of hydrogen-bond acceptors (Lipinski definition) is 6. The lowest BCUT2D eigenvalue weighted by Crippen LogP contribution is -2.66. The first-order valence-electron chi connectivity index (χ1n) is 9.10. The molecule has 32 heavy (non-hydrogen) atoms. The average molecular weight is 467 g/mol. The Morgan fingerprint density at radius 1 is 1.38 bits per heavy atom. The van der Waals surface area contributed by atoms with Gasteiger partial charge in [0, 0.05) is 18.3 Å². The van der Waals surface area contributed by atoms with E-state index in [1.165, 1.54) is 6.07 Å². The van der Waals surface area contributed by atoms with E-state index < -0.39 is 56.7 Å². The number of sulfonamides is 1. The van der Waals surface area contributed by atoms with Gasteiger partial charge in [-0.1, -0.05) is 0 Å². The normalized spacial score (nSPS) is 25.1. The second kappa shape index (κ2) is 7.51. The van der Waals surface area contributed by atoms with Gasteiger partial charge in [-0.25, -0.2) is 30.9 Å². The number of rotatable bonds is 3. The number of guanidine groups is 1. The molecule has 2 atom stereocenters. The molecule has 168 valence electrons. The third-order valence-corrected chi connectivity index (χ3v) is 7.46. The molecule has 0 spiro atoms. The Balaban J connectivity index is 1.78. The molecule has 13 heteroatoms. The van der Waals surface area contributed by atoms with Gasteiger partial charge in [-0.15, -0.1) is 0 Å². The Morgan fingerprint density at radius 2 is 2.12 bits per heavy atom. The number of ether oxygens (including phenoxy) is 1. The summed E-state index contributed by atoms with van der Waals surface area (Å²) in [4.78, 5) is 16.1. The standard InChI is InChI=1S/C19H16F3N5O4S/c1-27-18(23)26-19(9-31-15(7-20)16(19)32(27,29)30)12-6-11(3-4-13(12)22)25-17(28)14-5-2-10(21)8-24-14/h2-8,16H,9H2,1H3,(H2,23,26)(H,25,28)/b15-7+/t16-,19-/m1/s1. The van der Waals surface area contributed by atoms with E-state index in [1.807, 2.05) is 0 Å². The maximum absolute atomic E-state index is 14.9. The third-order valence-electron chi connectivity index (χ3n) is 5.28. The molecular formula is C19H16F3N5O4S. The molecule has 0 aliphatic carbocycles. The second-order valence-electron chi connectivity index (χ2n) is 7.15. The molecule has 1 aromatic heterocycles. The van der Waals surface area contributed by atoms with Crippen molar-refractivity contribution >= 4 is 27.6 Å². The zero-order valence-corrected chi connectivity index (χ0v) is 17.2. The SMILES string of the molecule is CN1C(=N)N[C@@]2(c3cc(NC(=O)c4ccc(F)cn4)ccc3F)CO/C(=C/F)[C@H]2S1(=O)=O. The number of carbonyl (C=O) groups excluding carboxylic acids is 1. The maximum Gasteiger partial charge on any atom is 0.274 e. The molecule has 2 aliphatic rings. The maximum atomic E-state index is 14.9. The van der Waals surface area contributed by atoms with Gasteiger partial charge < -0.3 is 15.4 Å². The number of nitrogens with zero attached hydrogens (tertiary/aromatic N) is 2. The Morgan fingerprint density at radius 3 is 2.78 bits per heavy atom. The van der Waals surface area contributed by atoms with E-state index in [0.29, 0.717) is 4.31 Å². The summed E-state index contributed by atoms with van der Waals surface area (Å²) in [6.07, 6.45) is 0.840. The molecule has 0 saturated carbocycles. The van der Waals surface area contributed by atoms with Crippen molar-refractivity contribution in [2.75, 3.05) is 19.0 Å². The minimum Gasteiger partial charge on any atom is -0.491 e. The van der Waals surface area contributed by atoms with E-state index in [4.69, 9.17) is 10.1 Å². The van der Waals surface area contributed by atoms with Crippen molar-refractivity contribution in [3.63, 3.8) is 0 Å². The van der Waals surface area contributed by atoms with Gasteiger partial charge in [0.25, 0.3) is 5.91 Å². The Labute approximate surface area is 180 Å². The van der Waals surface area contributed by atoms with Crippen molar-refractivity contribution in [1.29, 1.82) is 5.41 Å². The number of aromatic nitrogens is 1. The van der Waals surface area contributed by atoms with Crippen LogP contribution in [0.5, 0.6) is 0 Å². The molecule has 2 fully saturated rings. The number of fused-ring (bicyclic) bond motifs is 1. The van der Waals surface area contributed by atoms with Gasteiger partial charge in [0.1, 0.15) is 41.6 Å². The van der Waals surface area contributed by atoms with E-state index >= 15 is 0 Å². The lowest BCUT2D eigenvalue weighted by molar-refractivity contribution is 0.102. The van der Waals surface area contributed by atoms with E-state index in [0.717, 1.165) is 37.5 Å². The van der Waals surface area contributed by atoms with Crippen LogP contribution in [0.2, 0.25) is 0 Å². The minimum absolute atomic E-state index is 0.0157. The molecule has 2 aromatic rings. The fourth-order valence-corrected chi connectivity index (χ4v) is 5.49. The van der Waals surface area contributed by atoms with Gasteiger partial charge in [-0.05, 0) is 30.3 Å². The van der Waals surface area contributed by atoms with Crippen LogP contribution < -0.4 is 10.6 Å². The van der Waals surface area contributed by atoms with Crippen LogP contribution in [0.1, 0.15) is 16.1 Å². The van der Waals surface area contributed by atoms with Crippen LogP contribution in [0.25, 0.3) is 0 Å². The Hall–Kier alpha value is -3.61. The average Bonchev–Trinajstić information content (AvgIpc) is 3.14. The molecule has 4 rings (SSSR count). The van der Waals surface area contributed by atoms with Gasteiger partial charge in [-0.3, -0.25) is 10.2 Å². The van der Waals surface area contributed by atoms with E-state index in [-0.39, 0.29) is 23.3 Å². The van der Waals surface area contributed by atoms with Gasteiger partial charge in [0.2, 0.25) is 16.0 Å². The summed E-state index contributed by atoms with van der Waals surface area (Å²) in [7, 11) is -3.24. The molecule has 9 nitrogen and oxygen atoms in total. The smallest absolute Gasteiger partial charge is 0.274 e. The number of halogens is 3. The molecule has 2 saturated heterocycles. The predicted molar refractivity (Wildman–Crippen MR) is 107 cm³/mol. The van der Waals surface area contributed by atoms with Crippen LogP contribution in [-0.4, -0.2) is 48.5 Å². The second-order valence-corrected chi connectivity index (χ2v) is 9.20. The largest absolute Gasteiger partial charge is 0.491 e. The molecule has 2 aliphatic heterocycles. The highest BCUT2D eigenvalue weighted by atomic mass is 32.2. The molecule has 0 bridgehead atoms. The first-order valence-corrected chi connectivity index (χ1v) is 10.6. The zero-order chi connectivity index (χ0) is 23.3. The quantitative estimate of drug-likeness (QED) is 0.633. The zero-order valence-electron chi connectivity index (χ0n) is 16.4. The van der Waals surface area contributed by atoms with Crippen LogP contribution in [0.4, 0.5) is 18.9 Å². The first-order chi connectivity index (χ1) is 15.1.